The lowest BCUT2D eigenvalue weighted by Crippen LogP contribution is -2.58. The number of nitrogens with zero attached hydrogens (tertiary/aromatic N) is 3. The Hall–Kier alpha value is -3.92. The molecule has 1 unspecified atom stereocenters. The van der Waals surface area contributed by atoms with Crippen molar-refractivity contribution < 1.29 is 13.2 Å². The monoisotopic (exact) mass is 482 g/mol. The Balaban J connectivity index is 1.51. The average molecular weight is 483 g/mol. The van der Waals surface area contributed by atoms with Crippen LogP contribution < -0.4 is 21.9 Å². The summed E-state index contributed by atoms with van der Waals surface area (Å²) in [5.41, 5.74) is 6.40. The first-order valence-electron chi connectivity index (χ1n) is 10.9. The lowest BCUT2D eigenvalue weighted by Gasteiger charge is -2.34. The predicted molar refractivity (Wildman–Crippen MR) is 129 cm³/mol. The van der Waals surface area contributed by atoms with Gasteiger partial charge in [-0.05, 0) is 35.7 Å². The molecule has 3 aromatic rings. The first-order chi connectivity index (χ1) is 16.7. The van der Waals surface area contributed by atoms with Gasteiger partial charge in [0.05, 0.1) is 12.1 Å². The molecule has 4 N–H and O–H groups in total. The molecule has 10 heteroatoms. The van der Waals surface area contributed by atoms with Gasteiger partial charge in [0.25, 0.3) is 5.56 Å². The highest BCUT2D eigenvalue weighted by atomic mass is 19.4. The fourth-order valence-electron chi connectivity index (χ4n) is 3.89. The average Bonchev–Trinajstić information content (AvgIpc) is 2.81. The first kappa shape index (κ1) is 24.2. The SMILES string of the molecule is Cc1nc(N)c(C(F)(F)F)cc1CNC1(Cc2ccc(Cn3ccccc3=O)cc2)C=NC=CN1. The van der Waals surface area contributed by atoms with Gasteiger partial charge in [-0.3, -0.25) is 15.1 Å². The van der Waals surface area contributed by atoms with E-state index in [1.54, 1.807) is 42.4 Å². The maximum atomic E-state index is 13.3. The number of aliphatic imine (C=N–C) groups is 1. The molecule has 3 heterocycles. The summed E-state index contributed by atoms with van der Waals surface area (Å²) < 4.78 is 41.5. The van der Waals surface area contributed by atoms with E-state index >= 15 is 0 Å². The molecule has 0 bridgehead atoms. The quantitative estimate of drug-likeness (QED) is 0.480. The maximum Gasteiger partial charge on any atom is 0.419 e. The van der Waals surface area contributed by atoms with Crippen LogP contribution in [0, 0.1) is 6.92 Å². The molecule has 0 amide bonds. The zero-order valence-corrected chi connectivity index (χ0v) is 19.0. The minimum atomic E-state index is -4.59. The van der Waals surface area contributed by atoms with Crippen molar-refractivity contribution >= 4 is 12.0 Å². The first-order valence-corrected chi connectivity index (χ1v) is 10.9. The molecule has 35 heavy (non-hydrogen) atoms. The van der Waals surface area contributed by atoms with E-state index in [1.807, 2.05) is 30.3 Å². The second-order valence-electron chi connectivity index (χ2n) is 8.39. The summed E-state index contributed by atoms with van der Waals surface area (Å²) in [7, 11) is 0. The van der Waals surface area contributed by atoms with Gasteiger partial charge in [0, 0.05) is 49.5 Å². The van der Waals surface area contributed by atoms with Gasteiger partial charge in [-0.15, -0.1) is 0 Å². The fourth-order valence-corrected chi connectivity index (χ4v) is 3.89. The summed E-state index contributed by atoms with van der Waals surface area (Å²) in [5, 5.41) is 6.53. The molecule has 182 valence electrons. The van der Waals surface area contributed by atoms with Crippen molar-refractivity contribution in [1.82, 2.24) is 20.2 Å². The van der Waals surface area contributed by atoms with E-state index in [0.29, 0.717) is 24.2 Å². The van der Waals surface area contributed by atoms with Crippen LogP contribution in [0.2, 0.25) is 0 Å². The molecular formula is C25H25F3N6O. The molecule has 1 aliphatic rings. The van der Waals surface area contributed by atoms with Gasteiger partial charge in [-0.25, -0.2) is 4.98 Å². The van der Waals surface area contributed by atoms with Crippen LogP contribution in [0.3, 0.4) is 0 Å². The minimum absolute atomic E-state index is 0.0738. The number of aromatic nitrogens is 2. The van der Waals surface area contributed by atoms with Crippen molar-refractivity contribution in [3.63, 3.8) is 0 Å². The lowest BCUT2D eigenvalue weighted by atomic mass is 9.98. The van der Waals surface area contributed by atoms with Crippen LogP contribution in [0.1, 0.15) is 27.9 Å². The third kappa shape index (κ3) is 5.78. The van der Waals surface area contributed by atoms with E-state index in [-0.39, 0.29) is 12.1 Å². The number of hydrogen-bond acceptors (Lipinski definition) is 6. The molecule has 0 saturated carbocycles. The van der Waals surface area contributed by atoms with E-state index in [4.69, 9.17) is 5.73 Å². The van der Waals surface area contributed by atoms with Gasteiger partial charge in [0.2, 0.25) is 0 Å². The number of rotatable bonds is 7. The number of nitrogens with one attached hydrogen (secondary N) is 2. The number of nitrogens with two attached hydrogens (primary N) is 1. The van der Waals surface area contributed by atoms with E-state index < -0.39 is 23.2 Å². The molecule has 1 aliphatic heterocycles. The lowest BCUT2D eigenvalue weighted by molar-refractivity contribution is -0.137. The molecule has 1 aromatic carbocycles. The second kappa shape index (κ2) is 9.75. The Morgan fingerprint density at radius 3 is 2.54 bits per heavy atom. The summed E-state index contributed by atoms with van der Waals surface area (Å²) in [6.45, 7) is 2.19. The number of halogens is 3. The molecule has 0 aliphatic carbocycles. The summed E-state index contributed by atoms with van der Waals surface area (Å²) in [6, 6.07) is 13.9. The normalized spacial score (nSPS) is 17.4. The summed E-state index contributed by atoms with van der Waals surface area (Å²) in [5.74, 6) is -0.536. The number of benzene rings is 1. The summed E-state index contributed by atoms with van der Waals surface area (Å²) in [6.07, 6.45) is 2.59. The van der Waals surface area contributed by atoms with Crippen LogP contribution in [0.5, 0.6) is 0 Å². The van der Waals surface area contributed by atoms with Crippen molar-refractivity contribution in [1.29, 1.82) is 0 Å². The summed E-state index contributed by atoms with van der Waals surface area (Å²) in [4.78, 5) is 20.1. The van der Waals surface area contributed by atoms with E-state index in [9.17, 15) is 18.0 Å². The predicted octanol–water partition coefficient (Wildman–Crippen LogP) is 3.37. The van der Waals surface area contributed by atoms with Gasteiger partial charge in [0.15, 0.2) is 0 Å². The Labute approximate surface area is 200 Å². The van der Waals surface area contributed by atoms with Crippen molar-refractivity contribution in [3.8, 4) is 0 Å². The summed E-state index contributed by atoms with van der Waals surface area (Å²) >= 11 is 0. The molecule has 0 fully saturated rings. The number of anilines is 1. The molecule has 1 atom stereocenters. The number of hydrogen-bond donors (Lipinski definition) is 3. The van der Waals surface area contributed by atoms with Crippen LogP contribution in [0.4, 0.5) is 19.0 Å². The van der Waals surface area contributed by atoms with E-state index in [1.165, 1.54) is 6.07 Å². The minimum Gasteiger partial charge on any atom is -0.383 e. The van der Waals surface area contributed by atoms with Crippen molar-refractivity contribution in [2.45, 2.75) is 38.3 Å². The van der Waals surface area contributed by atoms with Crippen LogP contribution in [-0.2, 0) is 25.7 Å². The number of aryl methyl sites for hydroxylation is 1. The molecule has 0 saturated heterocycles. The fraction of sp³-hybridized carbons (Fsp3) is 0.240. The molecule has 7 nitrogen and oxygen atoms in total. The number of pyridine rings is 2. The molecule has 0 radical (unpaired) electrons. The number of alkyl halides is 3. The molecule has 2 aromatic heterocycles. The van der Waals surface area contributed by atoms with Crippen molar-refractivity contribution in [2.75, 3.05) is 5.73 Å². The highest BCUT2D eigenvalue weighted by molar-refractivity contribution is 5.72. The Kier molecular flexibility index (Phi) is 6.74. The van der Waals surface area contributed by atoms with Gasteiger partial charge in [-0.2, -0.15) is 13.2 Å². The molecule has 4 rings (SSSR count). The van der Waals surface area contributed by atoms with Crippen LogP contribution in [-0.4, -0.2) is 21.4 Å². The zero-order valence-electron chi connectivity index (χ0n) is 19.0. The van der Waals surface area contributed by atoms with E-state index in [2.05, 4.69) is 20.6 Å². The molecule has 0 spiro atoms. The number of nitrogen functional groups attached to an aromatic ring is 1. The third-order valence-electron chi connectivity index (χ3n) is 5.80. The largest absolute Gasteiger partial charge is 0.419 e. The van der Waals surface area contributed by atoms with Gasteiger partial charge in [0.1, 0.15) is 11.5 Å². The topological polar surface area (TPSA) is 97.3 Å². The van der Waals surface area contributed by atoms with Crippen molar-refractivity contribution in [2.24, 2.45) is 4.99 Å². The van der Waals surface area contributed by atoms with Crippen molar-refractivity contribution in [3.05, 3.63) is 105 Å². The Morgan fingerprint density at radius 2 is 1.89 bits per heavy atom. The highest BCUT2D eigenvalue weighted by Gasteiger charge is 2.35. The van der Waals surface area contributed by atoms with Crippen LogP contribution in [0.25, 0.3) is 0 Å². The standard InChI is InChI=1S/C25H25F3N6O/c1-17-20(12-21(23(29)33-17)25(26,27)28)14-32-24(16-30-9-10-31-24)13-18-5-7-19(8-6-18)15-34-11-3-2-4-22(34)35/h2-12,16,31-32H,13-15H2,1H3,(H2,29,33). The van der Waals surface area contributed by atoms with E-state index in [0.717, 1.165) is 17.2 Å². The third-order valence-corrected chi connectivity index (χ3v) is 5.80. The van der Waals surface area contributed by atoms with Gasteiger partial charge in [-0.1, -0.05) is 30.3 Å². The Morgan fingerprint density at radius 1 is 1.14 bits per heavy atom. The molecular weight excluding hydrogens is 457 g/mol. The second-order valence-corrected chi connectivity index (χ2v) is 8.39. The van der Waals surface area contributed by atoms with Gasteiger partial charge < -0.3 is 15.6 Å². The van der Waals surface area contributed by atoms with Crippen LogP contribution in [0.15, 0.2) is 76.9 Å². The van der Waals surface area contributed by atoms with Crippen LogP contribution >= 0.6 is 0 Å². The maximum absolute atomic E-state index is 13.3. The smallest absolute Gasteiger partial charge is 0.383 e. The zero-order chi connectivity index (χ0) is 25.1. The highest BCUT2D eigenvalue weighted by Crippen LogP contribution is 2.33. The Bertz CT molecular complexity index is 1310. The van der Waals surface area contributed by atoms with Gasteiger partial charge >= 0.3 is 6.18 Å².